The van der Waals surface area contributed by atoms with E-state index in [1.165, 1.54) is 12.8 Å². The third-order valence-corrected chi connectivity index (χ3v) is 7.67. The quantitative estimate of drug-likeness (QED) is 0.872. The lowest BCUT2D eigenvalue weighted by Crippen LogP contribution is -2.43. The van der Waals surface area contributed by atoms with Crippen molar-refractivity contribution in [1.29, 1.82) is 0 Å². The van der Waals surface area contributed by atoms with E-state index in [0.29, 0.717) is 36.7 Å². The summed E-state index contributed by atoms with van der Waals surface area (Å²) < 4.78 is 28.0. The topological polar surface area (TPSA) is 69.7 Å². The number of fused-ring (bicyclic) bond motifs is 1. The Balaban J connectivity index is 1.49. The number of nitrogens with zero attached hydrogens (tertiary/aromatic N) is 2. The van der Waals surface area contributed by atoms with Crippen molar-refractivity contribution in [2.75, 3.05) is 38.0 Å². The highest BCUT2D eigenvalue weighted by Gasteiger charge is 2.32. The summed E-state index contributed by atoms with van der Waals surface area (Å²) >= 11 is 0. The summed E-state index contributed by atoms with van der Waals surface area (Å²) in [6.45, 7) is 4.54. The number of anilines is 1. The number of rotatable bonds is 4. The maximum atomic E-state index is 13.1. The van der Waals surface area contributed by atoms with Gasteiger partial charge in [-0.15, -0.1) is 0 Å². The zero-order valence-corrected chi connectivity index (χ0v) is 15.9. The van der Waals surface area contributed by atoms with E-state index in [1.807, 2.05) is 0 Å². The van der Waals surface area contributed by atoms with Crippen molar-refractivity contribution in [2.24, 2.45) is 5.92 Å². The van der Waals surface area contributed by atoms with Crippen LogP contribution in [0, 0.1) is 5.92 Å². The van der Waals surface area contributed by atoms with Crippen molar-refractivity contribution in [3.8, 4) is 0 Å². The highest BCUT2D eigenvalue weighted by Crippen LogP contribution is 2.29. The molecule has 1 atom stereocenters. The Morgan fingerprint density at radius 1 is 1.08 bits per heavy atom. The smallest absolute Gasteiger partial charge is 0.243 e. The highest BCUT2D eigenvalue weighted by atomic mass is 32.2. The molecule has 0 aliphatic carbocycles. The molecular formula is C19H27N3O3S. The lowest BCUT2D eigenvalue weighted by Gasteiger charge is -2.34. The fraction of sp³-hybridized carbons (Fsp3) is 0.632. The standard InChI is InChI=1S/C19H27N3O3S/c23-19-8-5-16-12-17(6-7-18(16)20-19)26(24,25)22-11-3-4-15(14-22)13-21-9-1-2-10-21/h6-7,12,15H,1-5,8-11,13-14H2,(H,20,23). The molecule has 0 bridgehead atoms. The third-order valence-electron chi connectivity index (χ3n) is 5.81. The van der Waals surface area contributed by atoms with Crippen molar-refractivity contribution < 1.29 is 13.2 Å². The fourth-order valence-corrected chi connectivity index (χ4v) is 6.00. The number of nitrogens with one attached hydrogen (secondary N) is 1. The molecule has 3 aliphatic rings. The molecule has 3 heterocycles. The Hall–Kier alpha value is -1.44. The van der Waals surface area contributed by atoms with E-state index in [9.17, 15) is 13.2 Å². The monoisotopic (exact) mass is 377 g/mol. The van der Waals surface area contributed by atoms with Crippen LogP contribution < -0.4 is 5.32 Å². The number of hydrogen-bond donors (Lipinski definition) is 1. The Kier molecular flexibility index (Phi) is 5.03. The van der Waals surface area contributed by atoms with Crippen LogP contribution in [0.25, 0.3) is 0 Å². The molecule has 142 valence electrons. The fourth-order valence-electron chi connectivity index (χ4n) is 4.39. The highest BCUT2D eigenvalue weighted by molar-refractivity contribution is 7.89. The molecule has 1 N–H and O–H groups in total. The van der Waals surface area contributed by atoms with Crippen molar-refractivity contribution >= 4 is 21.6 Å². The number of benzene rings is 1. The molecule has 0 saturated carbocycles. The van der Waals surface area contributed by atoms with Crippen molar-refractivity contribution in [3.05, 3.63) is 23.8 Å². The second-order valence-electron chi connectivity index (χ2n) is 7.75. The van der Waals surface area contributed by atoms with Gasteiger partial charge in [0.05, 0.1) is 4.90 Å². The lowest BCUT2D eigenvalue weighted by molar-refractivity contribution is -0.116. The molecule has 0 spiro atoms. The molecule has 1 amide bonds. The molecule has 6 nitrogen and oxygen atoms in total. The van der Waals surface area contributed by atoms with Crippen LogP contribution in [0.5, 0.6) is 0 Å². The van der Waals surface area contributed by atoms with Gasteiger partial charge in [-0.05, 0) is 74.9 Å². The molecule has 2 fully saturated rings. The molecule has 1 aromatic carbocycles. The average molecular weight is 378 g/mol. The second kappa shape index (κ2) is 7.29. The Bertz CT molecular complexity index is 787. The number of sulfonamides is 1. The zero-order valence-electron chi connectivity index (χ0n) is 15.1. The van der Waals surface area contributed by atoms with Gasteiger partial charge >= 0.3 is 0 Å². The largest absolute Gasteiger partial charge is 0.326 e. The van der Waals surface area contributed by atoms with Gasteiger partial charge in [-0.3, -0.25) is 4.79 Å². The van der Waals surface area contributed by atoms with Gasteiger partial charge < -0.3 is 10.2 Å². The summed E-state index contributed by atoms with van der Waals surface area (Å²) in [4.78, 5) is 14.3. The predicted octanol–water partition coefficient (Wildman–Crippen LogP) is 2.07. The lowest BCUT2D eigenvalue weighted by atomic mass is 9.99. The van der Waals surface area contributed by atoms with Gasteiger partial charge in [0.25, 0.3) is 0 Å². The summed E-state index contributed by atoms with van der Waals surface area (Å²) in [5, 5.41) is 2.81. The van der Waals surface area contributed by atoms with Gasteiger partial charge in [0.2, 0.25) is 15.9 Å². The zero-order chi connectivity index (χ0) is 18.1. The van der Waals surface area contributed by atoms with Crippen LogP contribution >= 0.6 is 0 Å². The Morgan fingerprint density at radius 3 is 2.69 bits per heavy atom. The molecule has 0 aromatic heterocycles. The maximum Gasteiger partial charge on any atom is 0.243 e. The molecule has 1 aromatic rings. The third kappa shape index (κ3) is 3.66. The number of aryl methyl sites for hydroxylation is 1. The molecule has 1 unspecified atom stereocenters. The Labute approximate surface area is 155 Å². The van der Waals surface area contributed by atoms with Crippen LogP contribution in [0.1, 0.15) is 37.7 Å². The van der Waals surface area contributed by atoms with Crippen molar-refractivity contribution in [3.63, 3.8) is 0 Å². The number of piperidine rings is 1. The van der Waals surface area contributed by atoms with Gasteiger partial charge in [0, 0.05) is 31.7 Å². The second-order valence-corrected chi connectivity index (χ2v) is 9.68. The van der Waals surface area contributed by atoms with E-state index < -0.39 is 10.0 Å². The normalized spacial score (nSPS) is 25.1. The number of carbonyl (C=O) groups is 1. The Morgan fingerprint density at radius 2 is 1.88 bits per heavy atom. The van der Waals surface area contributed by atoms with Gasteiger partial charge in [-0.1, -0.05) is 0 Å². The van der Waals surface area contributed by atoms with E-state index in [4.69, 9.17) is 0 Å². The molecule has 3 aliphatic heterocycles. The van der Waals surface area contributed by atoms with Crippen LogP contribution in [0.15, 0.2) is 23.1 Å². The number of hydrogen-bond acceptors (Lipinski definition) is 4. The van der Waals surface area contributed by atoms with Crippen LogP contribution in [-0.4, -0.2) is 56.3 Å². The van der Waals surface area contributed by atoms with E-state index in [-0.39, 0.29) is 5.91 Å². The van der Waals surface area contributed by atoms with Gasteiger partial charge in [0.15, 0.2) is 0 Å². The van der Waals surface area contributed by atoms with Gasteiger partial charge in [0.1, 0.15) is 0 Å². The predicted molar refractivity (Wildman–Crippen MR) is 101 cm³/mol. The first-order valence-electron chi connectivity index (χ1n) is 9.68. The van der Waals surface area contributed by atoms with Crippen molar-refractivity contribution in [2.45, 2.75) is 43.4 Å². The number of amides is 1. The average Bonchev–Trinajstić information content (AvgIpc) is 3.14. The summed E-state index contributed by atoms with van der Waals surface area (Å²) in [5.41, 5.74) is 1.65. The van der Waals surface area contributed by atoms with Crippen LogP contribution in [0.4, 0.5) is 5.69 Å². The molecular weight excluding hydrogens is 350 g/mol. The summed E-state index contributed by atoms with van der Waals surface area (Å²) in [6, 6.07) is 5.10. The van der Waals surface area contributed by atoms with Crippen molar-refractivity contribution in [1.82, 2.24) is 9.21 Å². The summed E-state index contributed by atoms with van der Waals surface area (Å²) in [5.74, 6) is 0.419. The summed E-state index contributed by atoms with van der Waals surface area (Å²) in [6.07, 6.45) is 5.58. The summed E-state index contributed by atoms with van der Waals surface area (Å²) in [7, 11) is -3.47. The first-order valence-corrected chi connectivity index (χ1v) is 11.1. The van der Waals surface area contributed by atoms with Crippen LogP contribution in [0.2, 0.25) is 0 Å². The number of carbonyl (C=O) groups excluding carboxylic acids is 1. The molecule has 4 rings (SSSR count). The minimum atomic E-state index is -3.47. The molecule has 2 saturated heterocycles. The SMILES string of the molecule is O=C1CCc2cc(S(=O)(=O)N3CCCC(CN4CCCC4)C3)ccc2N1. The molecule has 26 heavy (non-hydrogen) atoms. The van der Waals surface area contributed by atoms with Gasteiger partial charge in [-0.2, -0.15) is 4.31 Å². The minimum Gasteiger partial charge on any atom is -0.326 e. The van der Waals surface area contributed by atoms with Gasteiger partial charge in [-0.25, -0.2) is 8.42 Å². The minimum absolute atomic E-state index is 0.00566. The van der Waals surface area contributed by atoms with E-state index in [1.54, 1.807) is 22.5 Å². The van der Waals surface area contributed by atoms with E-state index in [0.717, 1.165) is 43.7 Å². The van der Waals surface area contributed by atoms with E-state index in [2.05, 4.69) is 10.2 Å². The molecule has 0 radical (unpaired) electrons. The first-order chi connectivity index (χ1) is 12.5. The molecule has 7 heteroatoms. The first kappa shape index (κ1) is 17.9. The van der Waals surface area contributed by atoms with E-state index >= 15 is 0 Å². The van der Waals surface area contributed by atoms with Crippen LogP contribution in [-0.2, 0) is 21.2 Å². The van der Waals surface area contributed by atoms with Crippen LogP contribution in [0.3, 0.4) is 0 Å². The maximum absolute atomic E-state index is 13.1. The number of likely N-dealkylation sites (tertiary alicyclic amines) is 1.